The van der Waals surface area contributed by atoms with Crippen LogP contribution in [-0.4, -0.2) is 14.4 Å². The molecule has 1 aromatic carbocycles. The van der Waals surface area contributed by atoms with Crippen LogP contribution in [0.1, 0.15) is 22.6 Å². The summed E-state index contributed by atoms with van der Waals surface area (Å²) in [6, 6.07) is 8.56. The predicted molar refractivity (Wildman–Crippen MR) is 71.6 cm³/mol. The summed E-state index contributed by atoms with van der Waals surface area (Å²) < 4.78 is 15.5. The molecule has 0 unspecified atom stereocenters. The van der Waals surface area contributed by atoms with Gasteiger partial charge in [-0.15, -0.1) is 0 Å². The standard InChI is InChI=1S/C15H11FN4/c1-10-8-20-9-12(7-17)19-14(15(20)18-10)6-11-4-2-3-5-13(11)16/h2-5,8-9H,6H2,1H3. The average Bonchev–Trinajstić information content (AvgIpc) is 2.81. The number of hydrogen-bond donors (Lipinski definition) is 0. The van der Waals surface area contributed by atoms with Crippen LogP contribution in [0.5, 0.6) is 0 Å². The zero-order chi connectivity index (χ0) is 14.1. The lowest BCUT2D eigenvalue weighted by molar-refractivity contribution is 0.613. The molecule has 4 nitrogen and oxygen atoms in total. The van der Waals surface area contributed by atoms with Gasteiger partial charge in [0.25, 0.3) is 0 Å². The van der Waals surface area contributed by atoms with Crippen molar-refractivity contribution >= 4 is 5.65 Å². The molecule has 2 aromatic heterocycles. The van der Waals surface area contributed by atoms with E-state index < -0.39 is 0 Å². The van der Waals surface area contributed by atoms with Crippen molar-refractivity contribution in [2.45, 2.75) is 13.3 Å². The molecule has 0 saturated heterocycles. The van der Waals surface area contributed by atoms with Crippen LogP contribution in [0.3, 0.4) is 0 Å². The van der Waals surface area contributed by atoms with E-state index in [0.29, 0.717) is 29.0 Å². The zero-order valence-corrected chi connectivity index (χ0v) is 10.8. The van der Waals surface area contributed by atoms with Crippen molar-refractivity contribution in [1.29, 1.82) is 5.26 Å². The minimum atomic E-state index is -0.280. The smallest absolute Gasteiger partial charge is 0.159 e. The van der Waals surface area contributed by atoms with Gasteiger partial charge in [-0.25, -0.2) is 14.4 Å². The monoisotopic (exact) mass is 266 g/mol. The first-order valence-electron chi connectivity index (χ1n) is 6.16. The van der Waals surface area contributed by atoms with E-state index in [1.165, 1.54) is 6.07 Å². The van der Waals surface area contributed by atoms with Gasteiger partial charge in [0.1, 0.15) is 11.9 Å². The van der Waals surface area contributed by atoms with Crippen molar-refractivity contribution in [3.05, 3.63) is 65.1 Å². The predicted octanol–water partition coefficient (Wildman–Crippen LogP) is 2.64. The number of fused-ring (bicyclic) bond motifs is 1. The quantitative estimate of drug-likeness (QED) is 0.716. The fraction of sp³-hybridized carbons (Fsp3) is 0.133. The first-order chi connectivity index (χ1) is 9.67. The molecule has 0 bridgehead atoms. The third-order valence-corrected chi connectivity index (χ3v) is 3.06. The summed E-state index contributed by atoms with van der Waals surface area (Å²) in [5, 5.41) is 9.03. The summed E-state index contributed by atoms with van der Waals surface area (Å²) in [5.74, 6) is -0.280. The van der Waals surface area contributed by atoms with Crippen molar-refractivity contribution in [3.63, 3.8) is 0 Å². The molecule has 3 rings (SSSR count). The van der Waals surface area contributed by atoms with Crippen LogP contribution >= 0.6 is 0 Å². The van der Waals surface area contributed by atoms with E-state index in [4.69, 9.17) is 5.26 Å². The molecule has 98 valence electrons. The summed E-state index contributed by atoms with van der Waals surface area (Å²) in [6.07, 6.45) is 3.75. The van der Waals surface area contributed by atoms with Crippen LogP contribution < -0.4 is 0 Å². The second-order valence-electron chi connectivity index (χ2n) is 4.57. The average molecular weight is 266 g/mol. The topological polar surface area (TPSA) is 54.0 Å². The van der Waals surface area contributed by atoms with Crippen molar-refractivity contribution in [2.75, 3.05) is 0 Å². The Hall–Kier alpha value is -2.74. The largest absolute Gasteiger partial charge is 0.302 e. The van der Waals surface area contributed by atoms with Crippen LogP contribution in [0, 0.1) is 24.1 Å². The van der Waals surface area contributed by atoms with Crippen LogP contribution in [0.15, 0.2) is 36.7 Å². The Balaban J connectivity index is 2.15. The lowest BCUT2D eigenvalue weighted by Gasteiger charge is -2.05. The Morgan fingerprint density at radius 2 is 2.05 bits per heavy atom. The minimum Gasteiger partial charge on any atom is -0.302 e. The summed E-state index contributed by atoms with van der Waals surface area (Å²) >= 11 is 0. The van der Waals surface area contributed by atoms with Gasteiger partial charge < -0.3 is 4.40 Å². The van der Waals surface area contributed by atoms with E-state index >= 15 is 0 Å². The number of nitriles is 1. The maximum absolute atomic E-state index is 13.7. The lowest BCUT2D eigenvalue weighted by atomic mass is 10.1. The number of halogens is 1. The number of imidazole rings is 1. The maximum Gasteiger partial charge on any atom is 0.159 e. The first-order valence-corrected chi connectivity index (χ1v) is 6.16. The van der Waals surface area contributed by atoms with E-state index in [0.717, 1.165) is 5.69 Å². The van der Waals surface area contributed by atoms with Gasteiger partial charge in [0.15, 0.2) is 11.3 Å². The number of hydrogen-bond acceptors (Lipinski definition) is 3. The molecule has 0 aliphatic heterocycles. The van der Waals surface area contributed by atoms with E-state index in [2.05, 4.69) is 9.97 Å². The highest BCUT2D eigenvalue weighted by Gasteiger charge is 2.11. The summed E-state index contributed by atoms with van der Waals surface area (Å²) in [5.41, 5.74) is 2.92. The Morgan fingerprint density at radius 3 is 2.80 bits per heavy atom. The molecule has 3 aromatic rings. The number of benzene rings is 1. The van der Waals surface area contributed by atoms with Crippen molar-refractivity contribution in [1.82, 2.24) is 14.4 Å². The van der Waals surface area contributed by atoms with E-state index in [-0.39, 0.29) is 5.82 Å². The van der Waals surface area contributed by atoms with Crippen molar-refractivity contribution < 1.29 is 4.39 Å². The molecule has 2 heterocycles. The first kappa shape index (κ1) is 12.3. The number of nitrogens with zero attached hydrogens (tertiary/aromatic N) is 4. The normalized spacial score (nSPS) is 10.7. The molecule has 0 aliphatic rings. The summed E-state index contributed by atoms with van der Waals surface area (Å²) in [7, 11) is 0. The highest BCUT2D eigenvalue weighted by atomic mass is 19.1. The van der Waals surface area contributed by atoms with Gasteiger partial charge in [-0.1, -0.05) is 18.2 Å². The minimum absolute atomic E-state index is 0.280. The van der Waals surface area contributed by atoms with Crippen molar-refractivity contribution in [3.8, 4) is 6.07 Å². The Bertz CT molecular complexity index is 829. The Kier molecular flexibility index (Phi) is 2.92. The summed E-state index contributed by atoms with van der Waals surface area (Å²) in [4.78, 5) is 8.64. The van der Waals surface area contributed by atoms with Crippen LogP contribution in [0.25, 0.3) is 5.65 Å². The third-order valence-electron chi connectivity index (χ3n) is 3.06. The van der Waals surface area contributed by atoms with Crippen LogP contribution in [0.4, 0.5) is 4.39 Å². The molecule has 0 fully saturated rings. The fourth-order valence-electron chi connectivity index (χ4n) is 2.18. The number of aromatic nitrogens is 3. The van der Waals surface area contributed by atoms with Crippen LogP contribution in [-0.2, 0) is 6.42 Å². The molecular weight excluding hydrogens is 255 g/mol. The second kappa shape index (κ2) is 4.74. The molecule has 0 radical (unpaired) electrons. The molecule has 0 atom stereocenters. The molecule has 0 saturated carbocycles. The molecule has 0 N–H and O–H groups in total. The van der Waals surface area contributed by atoms with E-state index in [1.54, 1.807) is 28.8 Å². The zero-order valence-electron chi connectivity index (χ0n) is 10.8. The SMILES string of the molecule is Cc1cn2cc(C#N)nc(Cc3ccccc3F)c2n1. The molecule has 5 heteroatoms. The third kappa shape index (κ3) is 2.12. The number of aryl methyl sites for hydroxylation is 1. The highest BCUT2D eigenvalue weighted by molar-refractivity contribution is 5.49. The van der Waals surface area contributed by atoms with E-state index in [1.807, 2.05) is 19.2 Å². The van der Waals surface area contributed by atoms with Gasteiger partial charge in [-0.3, -0.25) is 0 Å². The van der Waals surface area contributed by atoms with Gasteiger partial charge in [0.05, 0.1) is 11.4 Å². The van der Waals surface area contributed by atoms with Gasteiger partial charge >= 0.3 is 0 Å². The maximum atomic E-state index is 13.7. The van der Waals surface area contributed by atoms with Gasteiger partial charge in [-0.2, -0.15) is 5.26 Å². The van der Waals surface area contributed by atoms with Crippen molar-refractivity contribution in [2.24, 2.45) is 0 Å². The van der Waals surface area contributed by atoms with E-state index in [9.17, 15) is 4.39 Å². The molecule has 0 spiro atoms. The molecule has 0 amide bonds. The van der Waals surface area contributed by atoms with Gasteiger partial charge in [0, 0.05) is 18.8 Å². The van der Waals surface area contributed by atoms with Crippen LogP contribution in [0.2, 0.25) is 0 Å². The fourth-order valence-corrected chi connectivity index (χ4v) is 2.18. The Labute approximate surface area is 115 Å². The van der Waals surface area contributed by atoms with Gasteiger partial charge in [0.2, 0.25) is 0 Å². The van der Waals surface area contributed by atoms with Gasteiger partial charge in [-0.05, 0) is 18.6 Å². The molecular formula is C15H11FN4. The second-order valence-corrected chi connectivity index (χ2v) is 4.57. The summed E-state index contributed by atoms with van der Waals surface area (Å²) in [6.45, 7) is 1.87. The molecule has 0 aliphatic carbocycles. The Morgan fingerprint density at radius 1 is 1.25 bits per heavy atom. The number of rotatable bonds is 2. The lowest BCUT2D eigenvalue weighted by Crippen LogP contribution is -2.02. The molecule has 20 heavy (non-hydrogen) atoms. The highest BCUT2D eigenvalue weighted by Crippen LogP contribution is 2.16.